The minimum atomic E-state index is -0.335. The number of amides is 1. The fraction of sp³-hybridized carbons (Fsp3) is 0.125. The second-order valence-electron chi connectivity index (χ2n) is 9.72. The summed E-state index contributed by atoms with van der Waals surface area (Å²) in [5, 5.41) is 29.3. The van der Waals surface area contributed by atoms with Gasteiger partial charge in [0, 0.05) is 30.8 Å². The van der Waals surface area contributed by atoms with E-state index in [-0.39, 0.29) is 28.7 Å². The average molecular weight is 533 g/mol. The zero-order valence-electron chi connectivity index (χ0n) is 21.9. The van der Waals surface area contributed by atoms with E-state index in [0.29, 0.717) is 25.5 Å². The Morgan fingerprint density at radius 2 is 1.60 bits per heavy atom. The Hall–Kier alpha value is -5.24. The maximum absolute atomic E-state index is 13.8. The summed E-state index contributed by atoms with van der Waals surface area (Å²) in [6.45, 7) is 1.33. The number of ether oxygens (including phenoxy) is 1. The summed E-state index contributed by atoms with van der Waals surface area (Å²) in [5.74, 6) is 0.578. The van der Waals surface area contributed by atoms with Crippen LogP contribution in [0.25, 0.3) is 11.1 Å². The van der Waals surface area contributed by atoms with Crippen molar-refractivity contribution in [1.29, 1.82) is 0 Å². The number of hydrogen-bond donors (Lipinski definition) is 3. The quantitative estimate of drug-likeness (QED) is 0.241. The third-order valence-corrected chi connectivity index (χ3v) is 7.11. The van der Waals surface area contributed by atoms with E-state index in [0.717, 1.165) is 33.6 Å². The van der Waals surface area contributed by atoms with Crippen LogP contribution in [0, 0.1) is 0 Å². The highest BCUT2D eigenvalue weighted by molar-refractivity contribution is 6.03. The molecule has 2 heterocycles. The van der Waals surface area contributed by atoms with Gasteiger partial charge in [-0.05, 0) is 34.4 Å². The Bertz CT molecular complexity index is 1650. The van der Waals surface area contributed by atoms with Crippen molar-refractivity contribution in [3.05, 3.63) is 119 Å². The van der Waals surface area contributed by atoms with Gasteiger partial charge in [0.2, 0.25) is 0 Å². The summed E-state index contributed by atoms with van der Waals surface area (Å²) in [6.07, 6.45) is 1.77. The van der Waals surface area contributed by atoms with Gasteiger partial charge < -0.3 is 25.2 Å². The molecular formula is C32H28N4O4. The van der Waals surface area contributed by atoms with Crippen molar-refractivity contribution in [1.82, 2.24) is 14.7 Å². The van der Waals surface area contributed by atoms with Crippen molar-refractivity contribution in [3.8, 4) is 28.4 Å². The van der Waals surface area contributed by atoms with E-state index in [1.54, 1.807) is 22.9 Å². The monoisotopic (exact) mass is 532 g/mol. The molecule has 1 aliphatic heterocycles. The molecule has 5 aromatic rings. The molecule has 0 atom stereocenters. The number of fused-ring (bicyclic) bond motifs is 1. The van der Waals surface area contributed by atoms with Crippen LogP contribution in [0.2, 0.25) is 0 Å². The number of phenolic OH excluding ortho intramolecular Hbond substituents is 2. The van der Waals surface area contributed by atoms with Crippen molar-refractivity contribution in [2.24, 2.45) is 0 Å². The molecule has 0 saturated carbocycles. The molecule has 1 amide bonds. The first kappa shape index (κ1) is 25.1. The van der Waals surface area contributed by atoms with Gasteiger partial charge in [-0.1, -0.05) is 66.7 Å². The van der Waals surface area contributed by atoms with Crippen molar-refractivity contribution in [2.45, 2.75) is 19.6 Å². The third-order valence-electron chi connectivity index (χ3n) is 7.11. The standard InChI is InChI=1S/C32H28N4O4/c1-40-26-13-11-21(12-14-26)18-36-31(27(17-33-36)22-7-3-2-4-8-22)34-28-15-25(37)16-29(38)30(28)32(39)35-19-23-9-5-6-10-24(23)20-35/h2-17,34,37-38H,18-20H2,1H3. The van der Waals surface area contributed by atoms with Gasteiger partial charge in [-0.25, -0.2) is 4.68 Å². The van der Waals surface area contributed by atoms with E-state index in [9.17, 15) is 15.0 Å². The Morgan fingerprint density at radius 1 is 0.925 bits per heavy atom. The molecule has 8 nitrogen and oxygen atoms in total. The normalized spacial score (nSPS) is 12.3. The summed E-state index contributed by atoms with van der Waals surface area (Å²) < 4.78 is 7.08. The number of phenols is 2. The molecule has 40 heavy (non-hydrogen) atoms. The van der Waals surface area contributed by atoms with Gasteiger partial charge in [0.15, 0.2) is 0 Å². The van der Waals surface area contributed by atoms with E-state index in [1.807, 2.05) is 78.9 Å². The largest absolute Gasteiger partial charge is 0.508 e. The summed E-state index contributed by atoms with van der Waals surface area (Å²) >= 11 is 0. The highest BCUT2D eigenvalue weighted by Crippen LogP contribution is 2.38. The minimum Gasteiger partial charge on any atom is -0.508 e. The van der Waals surface area contributed by atoms with Crippen LogP contribution in [0.1, 0.15) is 27.0 Å². The molecule has 4 aromatic carbocycles. The lowest BCUT2D eigenvalue weighted by Gasteiger charge is -2.21. The highest BCUT2D eigenvalue weighted by Gasteiger charge is 2.29. The van der Waals surface area contributed by atoms with Gasteiger partial charge in [0.1, 0.15) is 28.6 Å². The molecule has 8 heteroatoms. The highest BCUT2D eigenvalue weighted by atomic mass is 16.5. The molecule has 3 N–H and O–H groups in total. The van der Waals surface area contributed by atoms with Gasteiger partial charge >= 0.3 is 0 Å². The van der Waals surface area contributed by atoms with Gasteiger partial charge in [0.25, 0.3) is 5.91 Å². The minimum absolute atomic E-state index is 0.0850. The summed E-state index contributed by atoms with van der Waals surface area (Å²) in [4.78, 5) is 15.5. The van der Waals surface area contributed by atoms with Crippen LogP contribution in [0.5, 0.6) is 17.2 Å². The van der Waals surface area contributed by atoms with E-state index in [4.69, 9.17) is 4.74 Å². The van der Waals surface area contributed by atoms with Crippen LogP contribution >= 0.6 is 0 Å². The fourth-order valence-electron chi connectivity index (χ4n) is 5.07. The Labute approximate surface area is 231 Å². The first-order valence-electron chi connectivity index (χ1n) is 12.9. The topological polar surface area (TPSA) is 99.9 Å². The lowest BCUT2D eigenvalue weighted by molar-refractivity contribution is 0.0749. The lowest BCUT2D eigenvalue weighted by atomic mass is 10.1. The van der Waals surface area contributed by atoms with Crippen LogP contribution in [-0.2, 0) is 19.6 Å². The zero-order chi connectivity index (χ0) is 27.6. The number of anilines is 2. The van der Waals surface area contributed by atoms with E-state index in [1.165, 1.54) is 12.1 Å². The average Bonchev–Trinajstić information content (AvgIpc) is 3.58. The van der Waals surface area contributed by atoms with Crippen molar-refractivity contribution < 1.29 is 19.7 Å². The first-order chi connectivity index (χ1) is 19.5. The van der Waals surface area contributed by atoms with Crippen LogP contribution in [0.4, 0.5) is 11.5 Å². The molecule has 0 unspecified atom stereocenters. The van der Waals surface area contributed by atoms with Gasteiger partial charge in [-0.2, -0.15) is 5.10 Å². The maximum atomic E-state index is 13.8. The van der Waals surface area contributed by atoms with E-state index in [2.05, 4.69) is 10.4 Å². The summed E-state index contributed by atoms with van der Waals surface area (Å²) in [5.41, 5.74) is 5.26. The number of aromatic hydroxyl groups is 2. The smallest absolute Gasteiger partial charge is 0.260 e. The van der Waals surface area contributed by atoms with E-state index < -0.39 is 0 Å². The van der Waals surface area contributed by atoms with Gasteiger partial charge in [-0.15, -0.1) is 0 Å². The molecule has 1 aromatic heterocycles. The first-order valence-corrected chi connectivity index (χ1v) is 12.9. The number of carbonyl (C=O) groups excluding carboxylic acids is 1. The fourth-order valence-corrected chi connectivity index (χ4v) is 5.07. The number of benzene rings is 4. The predicted molar refractivity (Wildman–Crippen MR) is 153 cm³/mol. The zero-order valence-corrected chi connectivity index (χ0v) is 21.9. The molecule has 0 bridgehead atoms. The number of nitrogens with one attached hydrogen (secondary N) is 1. The van der Waals surface area contributed by atoms with Crippen LogP contribution in [-0.4, -0.2) is 37.9 Å². The molecule has 0 radical (unpaired) electrons. The number of aromatic nitrogens is 2. The number of methoxy groups -OCH3 is 1. The molecule has 200 valence electrons. The second-order valence-corrected chi connectivity index (χ2v) is 9.72. The van der Waals surface area contributed by atoms with Crippen molar-refractivity contribution in [3.63, 3.8) is 0 Å². The number of rotatable bonds is 7. The molecule has 0 aliphatic carbocycles. The summed E-state index contributed by atoms with van der Waals surface area (Å²) in [6, 6.07) is 28.1. The molecular weight excluding hydrogens is 504 g/mol. The molecule has 6 rings (SSSR count). The van der Waals surface area contributed by atoms with Crippen molar-refractivity contribution >= 4 is 17.4 Å². The number of carbonyl (C=O) groups is 1. The molecule has 0 saturated heterocycles. The van der Waals surface area contributed by atoms with Crippen molar-refractivity contribution in [2.75, 3.05) is 12.4 Å². The third kappa shape index (κ3) is 4.82. The van der Waals surface area contributed by atoms with E-state index >= 15 is 0 Å². The maximum Gasteiger partial charge on any atom is 0.260 e. The van der Waals surface area contributed by atoms with Crippen LogP contribution in [0.15, 0.2) is 97.2 Å². The molecule has 0 fully saturated rings. The SMILES string of the molecule is COc1ccc(Cn2ncc(-c3ccccc3)c2Nc2cc(O)cc(O)c2C(=O)N2Cc3ccccc3C2)cc1. The molecule has 0 spiro atoms. The number of nitrogens with zero attached hydrogens (tertiary/aromatic N) is 3. The number of hydrogen-bond acceptors (Lipinski definition) is 6. The van der Waals surface area contributed by atoms with Crippen LogP contribution in [0.3, 0.4) is 0 Å². The summed E-state index contributed by atoms with van der Waals surface area (Å²) in [7, 11) is 1.63. The van der Waals surface area contributed by atoms with Crippen LogP contribution < -0.4 is 10.1 Å². The second kappa shape index (κ2) is 10.5. The molecule has 1 aliphatic rings. The van der Waals surface area contributed by atoms with Gasteiger partial charge in [0.05, 0.1) is 25.5 Å². The Kier molecular flexibility index (Phi) is 6.57. The lowest BCUT2D eigenvalue weighted by Crippen LogP contribution is -2.26. The predicted octanol–water partition coefficient (Wildman–Crippen LogP) is 5.92. The Balaban J connectivity index is 1.40. The van der Waals surface area contributed by atoms with Gasteiger partial charge in [-0.3, -0.25) is 4.79 Å². The Morgan fingerprint density at radius 3 is 2.27 bits per heavy atom.